The first kappa shape index (κ1) is 13.6. The van der Waals surface area contributed by atoms with Crippen LogP contribution < -0.4 is 5.32 Å². The van der Waals surface area contributed by atoms with E-state index in [4.69, 9.17) is 4.98 Å². The third-order valence-corrected chi connectivity index (χ3v) is 4.86. The van der Waals surface area contributed by atoms with Gasteiger partial charge in [0.1, 0.15) is 5.82 Å². The molecular weight excluding hydrogens is 246 g/mol. The number of piperidine rings is 1. The number of nitrogens with zero attached hydrogens (tertiary/aromatic N) is 2. The highest BCUT2D eigenvalue weighted by Gasteiger charge is 2.36. The Morgan fingerprint density at radius 1 is 1.35 bits per heavy atom. The Labute approximate surface area is 121 Å². The van der Waals surface area contributed by atoms with Crippen LogP contribution in [0, 0.1) is 5.92 Å². The third-order valence-electron chi connectivity index (χ3n) is 4.86. The van der Waals surface area contributed by atoms with E-state index in [2.05, 4.69) is 54.9 Å². The van der Waals surface area contributed by atoms with Gasteiger partial charge in [0.15, 0.2) is 0 Å². The summed E-state index contributed by atoms with van der Waals surface area (Å²) in [6.45, 7) is 10.2. The van der Waals surface area contributed by atoms with E-state index in [0.717, 1.165) is 25.2 Å². The van der Waals surface area contributed by atoms with E-state index >= 15 is 0 Å². The number of aromatic nitrogens is 2. The number of benzene rings is 1. The van der Waals surface area contributed by atoms with Crippen molar-refractivity contribution in [2.75, 3.05) is 13.1 Å². The average Bonchev–Trinajstić information content (AvgIpc) is 2.87. The molecular formula is C17H25N3. The summed E-state index contributed by atoms with van der Waals surface area (Å²) in [4.78, 5) is 4.97. The van der Waals surface area contributed by atoms with Crippen LogP contribution in [0.3, 0.4) is 0 Å². The van der Waals surface area contributed by atoms with Crippen molar-refractivity contribution in [2.45, 2.75) is 45.6 Å². The Kier molecular flexibility index (Phi) is 3.55. The van der Waals surface area contributed by atoms with E-state index in [0.29, 0.717) is 5.92 Å². The molecule has 1 atom stereocenters. The SMILES string of the molecule is CCn1c(C(C)(C)C2CCCNC2)nc2ccccc21. The summed E-state index contributed by atoms with van der Waals surface area (Å²) >= 11 is 0. The maximum Gasteiger partial charge on any atom is 0.115 e. The van der Waals surface area contributed by atoms with Crippen molar-refractivity contribution in [3.63, 3.8) is 0 Å². The van der Waals surface area contributed by atoms with Gasteiger partial charge in [0, 0.05) is 12.0 Å². The van der Waals surface area contributed by atoms with Gasteiger partial charge in [-0.15, -0.1) is 0 Å². The lowest BCUT2D eigenvalue weighted by Gasteiger charge is -2.37. The van der Waals surface area contributed by atoms with E-state index in [1.807, 2.05) is 0 Å². The predicted octanol–water partition coefficient (Wildman–Crippen LogP) is 3.33. The van der Waals surface area contributed by atoms with Gasteiger partial charge in [-0.3, -0.25) is 0 Å². The summed E-state index contributed by atoms with van der Waals surface area (Å²) in [6, 6.07) is 8.49. The molecule has 20 heavy (non-hydrogen) atoms. The molecule has 0 amide bonds. The van der Waals surface area contributed by atoms with Crippen LogP contribution in [0.1, 0.15) is 39.4 Å². The molecule has 0 aliphatic carbocycles. The quantitative estimate of drug-likeness (QED) is 0.928. The molecule has 2 aromatic rings. The molecule has 1 fully saturated rings. The molecule has 1 unspecified atom stereocenters. The van der Waals surface area contributed by atoms with Crippen LogP contribution in [0.15, 0.2) is 24.3 Å². The number of para-hydroxylation sites is 2. The van der Waals surface area contributed by atoms with Gasteiger partial charge < -0.3 is 9.88 Å². The van der Waals surface area contributed by atoms with Crippen molar-refractivity contribution in [3.05, 3.63) is 30.1 Å². The zero-order valence-corrected chi connectivity index (χ0v) is 12.8. The van der Waals surface area contributed by atoms with Gasteiger partial charge in [-0.25, -0.2) is 4.98 Å². The summed E-state index contributed by atoms with van der Waals surface area (Å²) in [5, 5.41) is 3.54. The predicted molar refractivity (Wildman–Crippen MR) is 84.0 cm³/mol. The van der Waals surface area contributed by atoms with Gasteiger partial charge in [0.2, 0.25) is 0 Å². The third kappa shape index (κ3) is 2.14. The van der Waals surface area contributed by atoms with Crippen molar-refractivity contribution in [1.82, 2.24) is 14.9 Å². The lowest BCUT2D eigenvalue weighted by atomic mass is 9.74. The highest BCUT2D eigenvalue weighted by Crippen LogP contribution is 2.36. The molecule has 3 nitrogen and oxygen atoms in total. The van der Waals surface area contributed by atoms with Crippen molar-refractivity contribution in [2.24, 2.45) is 5.92 Å². The number of aryl methyl sites for hydroxylation is 1. The van der Waals surface area contributed by atoms with Gasteiger partial charge in [-0.2, -0.15) is 0 Å². The molecule has 0 spiro atoms. The van der Waals surface area contributed by atoms with Gasteiger partial charge in [-0.1, -0.05) is 26.0 Å². The van der Waals surface area contributed by atoms with Crippen LogP contribution in [0.2, 0.25) is 0 Å². The molecule has 1 N–H and O–H groups in total. The van der Waals surface area contributed by atoms with E-state index in [1.165, 1.54) is 24.2 Å². The topological polar surface area (TPSA) is 29.9 Å². The molecule has 1 saturated heterocycles. The first-order valence-corrected chi connectivity index (χ1v) is 7.81. The Hall–Kier alpha value is -1.35. The Bertz CT molecular complexity index is 591. The molecule has 0 bridgehead atoms. The number of fused-ring (bicyclic) bond motifs is 1. The number of hydrogen-bond acceptors (Lipinski definition) is 2. The summed E-state index contributed by atoms with van der Waals surface area (Å²) in [5.41, 5.74) is 2.51. The maximum absolute atomic E-state index is 4.97. The minimum absolute atomic E-state index is 0.114. The largest absolute Gasteiger partial charge is 0.328 e. The molecule has 108 valence electrons. The van der Waals surface area contributed by atoms with Crippen molar-refractivity contribution >= 4 is 11.0 Å². The first-order valence-electron chi connectivity index (χ1n) is 7.81. The Morgan fingerprint density at radius 2 is 2.15 bits per heavy atom. The first-order chi connectivity index (χ1) is 9.64. The Balaban J connectivity index is 2.07. The molecule has 3 heteroatoms. The second kappa shape index (κ2) is 5.21. The standard InChI is InChI=1S/C17H25N3/c1-4-20-15-10-6-5-9-14(15)19-16(20)17(2,3)13-8-7-11-18-12-13/h5-6,9-10,13,18H,4,7-8,11-12H2,1-3H3. The second-order valence-corrected chi connectivity index (χ2v) is 6.43. The summed E-state index contributed by atoms with van der Waals surface area (Å²) in [6.07, 6.45) is 2.58. The maximum atomic E-state index is 4.97. The zero-order valence-electron chi connectivity index (χ0n) is 12.8. The molecule has 1 aromatic heterocycles. The molecule has 2 heterocycles. The highest BCUT2D eigenvalue weighted by molar-refractivity contribution is 5.76. The average molecular weight is 271 g/mol. The molecule has 1 aliphatic rings. The monoisotopic (exact) mass is 271 g/mol. The normalized spacial score (nSPS) is 20.4. The van der Waals surface area contributed by atoms with Crippen LogP contribution in [-0.2, 0) is 12.0 Å². The smallest absolute Gasteiger partial charge is 0.115 e. The van der Waals surface area contributed by atoms with Crippen LogP contribution in [0.4, 0.5) is 0 Å². The summed E-state index contributed by atoms with van der Waals surface area (Å²) in [7, 11) is 0. The fourth-order valence-electron chi connectivity index (χ4n) is 3.54. The minimum Gasteiger partial charge on any atom is -0.328 e. The minimum atomic E-state index is 0.114. The van der Waals surface area contributed by atoms with E-state index < -0.39 is 0 Å². The fourth-order valence-corrected chi connectivity index (χ4v) is 3.54. The number of rotatable bonds is 3. The van der Waals surface area contributed by atoms with Crippen LogP contribution in [-0.4, -0.2) is 22.6 Å². The number of imidazole rings is 1. The van der Waals surface area contributed by atoms with E-state index in [-0.39, 0.29) is 5.41 Å². The van der Waals surface area contributed by atoms with Crippen molar-refractivity contribution < 1.29 is 0 Å². The lowest BCUT2D eigenvalue weighted by molar-refractivity contribution is 0.237. The van der Waals surface area contributed by atoms with Gasteiger partial charge >= 0.3 is 0 Å². The van der Waals surface area contributed by atoms with Gasteiger partial charge in [-0.05, 0) is 50.9 Å². The molecule has 3 rings (SSSR count). The summed E-state index contributed by atoms with van der Waals surface area (Å²) in [5.74, 6) is 1.91. The fraction of sp³-hybridized carbons (Fsp3) is 0.588. The Morgan fingerprint density at radius 3 is 2.85 bits per heavy atom. The molecule has 0 saturated carbocycles. The molecule has 1 aromatic carbocycles. The zero-order chi connectivity index (χ0) is 14.2. The number of hydrogen-bond donors (Lipinski definition) is 1. The van der Waals surface area contributed by atoms with E-state index in [1.54, 1.807) is 0 Å². The summed E-state index contributed by atoms with van der Waals surface area (Å²) < 4.78 is 2.39. The number of nitrogens with one attached hydrogen (secondary N) is 1. The van der Waals surface area contributed by atoms with Gasteiger partial charge in [0.05, 0.1) is 11.0 Å². The van der Waals surface area contributed by atoms with Crippen molar-refractivity contribution in [3.8, 4) is 0 Å². The lowest BCUT2D eigenvalue weighted by Crippen LogP contribution is -2.42. The molecule has 1 aliphatic heterocycles. The van der Waals surface area contributed by atoms with Crippen LogP contribution in [0.25, 0.3) is 11.0 Å². The van der Waals surface area contributed by atoms with Crippen LogP contribution >= 0.6 is 0 Å². The highest BCUT2D eigenvalue weighted by atomic mass is 15.1. The van der Waals surface area contributed by atoms with Crippen molar-refractivity contribution in [1.29, 1.82) is 0 Å². The van der Waals surface area contributed by atoms with Gasteiger partial charge in [0.25, 0.3) is 0 Å². The van der Waals surface area contributed by atoms with Crippen LogP contribution in [0.5, 0.6) is 0 Å². The molecule has 0 radical (unpaired) electrons. The van der Waals surface area contributed by atoms with E-state index in [9.17, 15) is 0 Å². The second-order valence-electron chi connectivity index (χ2n) is 6.43.